The second kappa shape index (κ2) is 12.7. The molecule has 3 heterocycles. The van der Waals surface area contributed by atoms with Crippen molar-refractivity contribution in [2.45, 2.75) is 45.1 Å². The van der Waals surface area contributed by atoms with Gasteiger partial charge in [-0.2, -0.15) is 13.2 Å². The van der Waals surface area contributed by atoms with E-state index in [4.69, 9.17) is 15.9 Å². The molecular formula is C31H31F3N4O4S. The van der Waals surface area contributed by atoms with E-state index in [-0.39, 0.29) is 34.5 Å². The van der Waals surface area contributed by atoms with Crippen molar-refractivity contribution in [2.24, 2.45) is 0 Å². The fourth-order valence-electron chi connectivity index (χ4n) is 5.20. The fourth-order valence-corrected chi connectivity index (χ4v) is 5.80. The topological polar surface area (TPSA) is 75.2 Å². The van der Waals surface area contributed by atoms with Gasteiger partial charge in [-0.05, 0) is 56.0 Å². The first-order valence-electron chi connectivity index (χ1n) is 13.9. The van der Waals surface area contributed by atoms with Gasteiger partial charge in [0.05, 0.1) is 24.9 Å². The number of anilines is 2. The van der Waals surface area contributed by atoms with E-state index in [2.05, 4.69) is 15.8 Å². The van der Waals surface area contributed by atoms with Gasteiger partial charge in [0.2, 0.25) is 5.91 Å². The highest BCUT2D eigenvalue weighted by molar-refractivity contribution is 7.10. The summed E-state index contributed by atoms with van der Waals surface area (Å²) in [6.07, 6.45) is 0.523. The fraction of sp³-hybridized carbons (Fsp3) is 0.387. The lowest BCUT2D eigenvalue weighted by molar-refractivity contribution is -0.137. The van der Waals surface area contributed by atoms with Gasteiger partial charge in [-0.15, -0.1) is 17.8 Å². The summed E-state index contributed by atoms with van der Waals surface area (Å²) in [5, 5.41) is 1.69. The van der Waals surface area contributed by atoms with Gasteiger partial charge in [0, 0.05) is 49.0 Å². The molecule has 2 aliphatic rings. The molecular weight excluding hydrogens is 581 g/mol. The second-order valence-corrected chi connectivity index (χ2v) is 11.4. The van der Waals surface area contributed by atoms with Crippen LogP contribution in [0.4, 0.5) is 24.5 Å². The molecule has 1 unspecified atom stereocenters. The number of morpholine rings is 1. The maximum absolute atomic E-state index is 14.0. The molecule has 226 valence electrons. The minimum atomic E-state index is -4.71. The van der Waals surface area contributed by atoms with Crippen LogP contribution in [-0.2, 0) is 22.3 Å². The summed E-state index contributed by atoms with van der Waals surface area (Å²) in [4.78, 5) is 36.7. The number of amides is 2. The monoisotopic (exact) mass is 612 g/mol. The number of halogens is 3. The lowest BCUT2D eigenvalue weighted by atomic mass is 10.1. The molecule has 1 atom stereocenters. The Bertz CT molecular complexity index is 1510. The number of thiazole rings is 1. The molecule has 0 N–H and O–H groups in total. The third-order valence-electron chi connectivity index (χ3n) is 7.20. The summed E-state index contributed by atoms with van der Waals surface area (Å²) in [6.45, 7) is 6.93. The summed E-state index contributed by atoms with van der Waals surface area (Å²) < 4.78 is 52.9. The van der Waals surface area contributed by atoms with E-state index in [1.165, 1.54) is 11.4 Å². The number of aromatic nitrogens is 1. The van der Waals surface area contributed by atoms with Crippen LogP contribution >= 0.6 is 11.3 Å². The average molecular weight is 613 g/mol. The van der Waals surface area contributed by atoms with Gasteiger partial charge in [-0.1, -0.05) is 12.1 Å². The lowest BCUT2D eigenvalue weighted by Crippen LogP contribution is -2.45. The number of hydrogen-bond acceptors (Lipinski definition) is 7. The van der Waals surface area contributed by atoms with E-state index in [9.17, 15) is 22.8 Å². The molecule has 1 aromatic heterocycles. The van der Waals surface area contributed by atoms with Crippen molar-refractivity contribution in [1.82, 2.24) is 9.88 Å². The molecule has 0 radical (unpaired) electrons. The molecule has 2 saturated heterocycles. The Morgan fingerprint density at radius 2 is 1.91 bits per heavy atom. The summed E-state index contributed by atoms with van der Waals surface area (Å²) in [5.74, 6) is 1.20. The maximum atomic E-state index is 14.0. The molecule has 2 amide bonds. The average Bonchev–Trinajstić information content (AvgIpc) is 3.60. The number of carbonyl (C=O) groups excluding carboxylic acids is 2. The number of alkyl halides is 3. The van der Waals surface area contributed by atoms with E-state index in [0.29, 0.717) is 26.3 Å². The molecule has 2 aliphatic heterocycles. The molecule has 0 saturated carbocycles. The number of likely N-dealkylation sites (tertiary alicyclic amines) is 1. The van der Waals surface area contributed by atoms with Crippen molar-refractivity contribution in [3.05, 3.63) is 69.7 Å². The molecule has 5 rings (SSSR count). The molecule has 0 aliphatic carbocycles. The Labute approximate surface area is 252 Å². The van der Waals surface area contributed by atoms with Crippen molar-refractivity contribution in [1.29, 1.82) is 0 Å². The normalized spacial score (nSPS) is 17.3. The Balaban J connectivity index is 1.45. The Morgan fingerprint density at radius 3 is 2.53 bits per heavy atom. The molecule has 0 spiro atoms. The molecule has 2 fully saturated rings. The van der Waals surface area contributed by atoms with Crippen LogP contribution in [0.3, 0.4) is 0 Å². The number of rotatable bonds is 8. The number of ether oxygens (including phenoxy) is 2. The standard InChI is InChI=1S/C31H31F3N4O4S/c1-4-28-35-26(19-43-28)29(39)38(24-15-22(31(32,33)34)16-25(17-24)42-20(2)3)27-9-10-37(30(27)40)18-21-5-7-23(8-6-21)36-11-13-41-14-12-36/h1,5-8,15-17,19-20,27H,9-14,18H2,2-3H3. The van der Waals surface area contributed by atoms with Crippen molar-refractivity contribution in [3.63, 3.8) is 0 Å². The summed E-state index contributed by atoms with van der Waals surface area (Å²) in [6, 6.07) is 9.95. The van der Waals surface area contributed by atoms with E-state index in [1.807, 2.05) is 24.3 Å². The van der Waals surface area contributed by atoms with Gasteiger partial charge in [-0.3, -0.25) is 14.5 Å². The highest BCUT2D eigenvalue weighted by Crippen LogP contribution is 2.38. The maximum Gasteiger partial charge on any atom is 0.416 e. The zero-order chi connectivity index (χ0) is 30.7. The van der Waals surface area contributed by atoms with Gasteiger partial charge in [0.15, 0.2) is 5.01 Å². The first-order valence-corrected chi connectivity index (χ1v) is 14.8. The van der Waals surface area contributed by atoms with Crippen LogP contribution in [0.2, 0.25) is 0 Å². The van der Waals surface area contributed by atoms with Crippen LogP contribution in [0.5, 0.6) is 5.75 Å². The molecule has 12 heteroatoms. The highest BCUT2D eigenvalue weighted by atomic mass is 32.1. The number of carbonyl (C=O) groups is 2. The van der Waals surface area contributed by atoms with Crippen LogP contribution in [0.1, 0.15) is 46.9 Å². The van der Waals surface area contributed by atoms with Gasteiger partial charge >= 0.3 is 6.18 Å². The first kappa shape index (κ1) is 30.4. The van der Waals surface area contributed by atoms with E-state index >= 15 is 0 Å². The minimum Gasteiger partial charge on any atom is -0.491 e. The Hall–Kier alpha value is -4.08. The van der Waals surface area contributed by atoms with Crippen LogP contribution in [-0.4, -0.2) is 66.7 Å². The molecule has 3 aromatic rings. The number of terminal acetylenes is 1. The Kier molecular flexibility index (Phi) is 8.94. The zero-order valence-corrected chi connectivity index (χ0v) is 24.6. The smallest absolute Gasteiger partial charge is 0.416 e. The predicted molar refractivity (Wildman–Crippen MR) is 157 cm³/mol. The van der Waals surface area contributed by atoms with Crippen molar-refractivity contribution >= 4 is 34.5 Å². The second-order valence-electron chi connectivity index (χ2n) is 10.6. The third-order valence-corrected chi connectivity index (χ3v) is 7.97. The van der Waals surface area contributed by atoms with Crippen molar-refractivity contribution in [3.8, 4) is 18.1 Å². The minimum absolute atomic E-state index is 0.0494. The van der Waals surface area contributed by atoms with Crippen molar-refractivity contribution in [2.75, 3.05) is 42.6 Å². The lowest BCUT2D eigenvalue weighted by Gasteiger charge is -2.29. The van der Waals surface area contributed by atoms with Crippen LogP contribution in [0.25, 0.3) is 0 Å². The summed E-state index contributed by atoms with van der Waals surface area (Å²) in [7, 11) is 0. The predicted octanol–water partition coefficient (Wildman–Crippen LogP) is 5.21. The van der Waals surface area contributed by atoms with Gasteiger partial charge < -0.3 is 19.3 Å². The Morgan fingerprint density at radius 1 is 1.19 bits per heavy atom. The molecule has 2 aromatic carbocycles. The van der Waals surface area contributed by atoms with E-state index < -0.39 is 29.8 Å². The first-order chi connectivity index (χ1) is 20.5. The number of benzene rings is 2. The van der Waals surface area contributed by atoms with Crippen LogP contribution < -0.4 is 14.5 Å². The van der Waals surface area contributed by atoms with Crippen LogP contribution in [0.15, 0.2) is 47.8 Å². The van der Waals surface area contributed by atoms with Gasteiger partial charge in [0.1, 0.15) is 17.5 Å². The van der Waals surface area contributed by atoms with E-state index in [1.54, 1.807) is 18.7 Å². The number of nitrogens with zero attached hydrogens (tertiary/aromatic N) is 4. The molecule has 43 heavy (non-hydrogen) atoms. The van der Waals surface area contributed by atoms with Crippen LogP contribution in [0, 0.1) is 12.3 Å². The zero-order valence-electron chi connectivity index (χ0n) is 23.8. The van der Waals surface area contributed by atoms with E-state index in [0.717, 1.165) is 52.7 Å². The van der Waals surface area contributed by atoms with Gasteiger partial charge in [0.25, 0.3) is 5.91 Å². The largest absolute Gasteiger partial charge is 0.491 e. The third kappa shape index (κ3) is 6.95. The number of hydrogen-bond donors (Lipinski definition) is 0. The highest BCUT2D eigenvalue weighted by Gasteiger charge is 2.41. The van der Waals surface area contributed by atoms with Crippen molar-refractivity contribution < 1.29 is 32.2 Å². The summed E-state index contributed by atoms with van der Waals surface area (Å²) in [5.41, 5.74) is 0.804. The van der Waals surface area contributed by atoms with Gasteiger partial charge in [-0.25, -0.2) is 4.98 Å². The SMILES string of the molecule is C#Cc1nc(C(=O)N(c2cc(OC(C)C)cc(C(F)(F)F)c2)C2CCN(Cc3ccc(N4CCOCC4)cc3)C2=O)cs1. The molecule has 0 bridgehead atoms. The molecule has 8 nitrogen and oxygen atoms in total. The quantitative estimate of drug-likeness (QED) is 0.325. The summed E-state index contributed by atoms with van der Waals surface area (Å²) >= 11 is 1.06.